The van der Waals surface area contributed by atoms with Crippen LogP contribution in [0.3, 0.4) is 0 Å². The van der Waals surface area contributed by atoms with Gasteiger partial charge in [-0.3, -0.25) is 9.59 Å². The Kier molecular flexibility index (Phi) is 6.00. The summed E-state index contributed by atoms with van der Waals surface area (Å²) in [7, 11) is 1.63. The Bertz CT molecular complexity index is 901. The Morgan fingerprint density at radius 3 is 2.07 bits per heavy atom. The molecule has 4 nitrogen and oxygen atoms in total. The van der Waals surface area contributed by atoms with E-state index in [1.165, 1.54) is 0 Å². The Hall–Kier alpha value is -3.40. The molecule has 0 saturated carbocycles. The number of rotatable bonds is 7. The first-order valence-electron chi connectivity index (χ1n) is 8.78. The molecule has 0 bridgehead atoms. The van der Waals surface area contributed by atoms with E-state index in [1.54, 1.807) is 43.5 Å². The third-order valence-electron chi connectivity index (χ3n) is 4.27. The van der Waals surface area contributed by atoms with Crippen LogP contribution in [-0.2, 0) is 11.2 Å². The molecule has 1 amide bonds. The standard InChI is InChI=1S/C23H21NO3/c1-27-21-14-7-17(8-15-21)9-16-22(25)24-20-12-10-19(11-13-20)23(26)18-5-3-2-4-6-18/h2-8,10-15H,9,16H2,1H3,(H,24,25). The summed E-state index contributed by atoms with van der Waals surface area (Å²) in [5.41, 5.74) is 3.00. The average Bonchev–Trinajstić information content (AvgIpc) is 2.73. The molecule has 0 fully saturated rings. The predicted molar refractivity (Wildman–Crippen MR) is 106 cm³/mol. The molecule has 0 aliphatic rings. The van der Waals surface area contributed by atoms with Gasteiger partial charge in [-0.15, -0.1) is 0 Å². The minimum absolute atomic E-state index is 0.0343. The van der Waals surface area contributed by atoms with E-state index < -0.39 is 0 Å². The number of ketones is 1. The lowest BCUT2D eigenvalue weighted by atomic mass is 10.0. The number of aryl methyl sites for hydroxylation is 1. The van der Waals surface area contributed by atoms with Crippen molar-refractivity contribution in [2.75, 3.05) is 12.4 Å². The molecule has 4 heteroatoms. The van der Waals surface area contributed by atoms with Gasteiger partial charge in [0.2, 0.25) is 5.91 Å². The van der Waals surface area contributed by atoms with E-state index in [0.717, 1.165) is 11.3 Å². The molecule has 0 aliphatic carbocycles. The summed E-state index contributed by atoms with van der Waals surface area (Å²) < 4.78 is 5.13. The fraction of sp³-hybridized carbons (Fsp3) is 0.130. The number of methoxy groups -OCH3 is 1. The lowest BCUT2D eigenvalue weighted by Crippen LogP contribution is -2.12. The van der Waals surface area contributed by atoms with Crippen molar-refractivity contribution in [2.24, 2.45) is 0 Å². The second-order valence-electron chi connectivity index (χ2n) is 6.17. The normalized spacial score (nSPS) is 10.3. The molecule has 0 aliphatic heterocycles. The average molecular weight is 359 g/mol. The molecule has 1 N–H and O–H groups in total. The number of carbonyl (C=O) groups is 2. The van der Waals surface area contributed by atoms with Gasteiger partial charge in [-0.1, -0.05) is 42.5 Å². The van der Waals surface area contributed by atoms with Crippen molar-refractivity contribution in [3.05, 3.63) is 95.6 Å². The highest BCUT2D eigenvalue weighted by Crippen LogP contribution is 2.15. The van der Waals surface area contributed by atoms with Crippen LogP contribution in [0.25, 0.3) is 0 Å². The first-order valence-corrected chi connectivity index (χ1v) is 8.78. The largest absolute Gasteiger partial charge is 0.497 e. The Balaban J connectivity index is 1.54. The Morgan fingerprint density at radius 2 is 1.44 bits per heavy atom. The number of amides is 1. The van der Waals surface area contributed by atoms with Crippen molar-refractivity contribution in [3.8, 4) is 5.75 Å². The maximum Gasteiger partial charge on any atom is 0.224 e. The monoisotopic (exact) mass is 359 g/mol. The number of hydrogen-bond donors (Lipinski definition) is 1. The summed E-state index contributed by atoms with van der Waals surface area (Å²) in [5.74, 6) is 0.703. The molecule has 0 unspecified atom stereocenters. The van der Waals surface area contributed by atoms with Crippen molar-refractivity contribution in [1.29, 1.82) is 0 Å². The molecule has 136 valence electrons. The van der Waals surface area contributed by atoms with Gasteiger partial charge in [0.05, 0.1) is 7.11 Å². The van der Waals surface area contributed by atoms with Crippen LogP contribution in [0.15, 0.2) is 78.9 Å². The van der Waals surface area contributed by atoms with Gasteiger partial charge in [0, 0.05) is 23.2 Å². The van der Waals surface area contributed by atoms with Gasteiger partial charge in [-0.05, 0) is 48.4 Å². The zero-order valence-corrected chi connectivity index (χ0v) is 15.1. The molecule has 0 radical (unpaired) electrons. The van der Waals surface area contributed by atoms with Gasteiger partial charge >= 0.3 is 0 Å². The molecular formula is C23H21NO3. The summed E-state index contributed by atoms with van der Waals surface area (Å²) in [6.45, 7) is 0. The quantitative estimate of drug-likeness (QED) is 0.632. The molecule has 0 heterocycles. The minimum atomic E-state index is -0.0621. The fourth-order valence-corrected chi connectivity index (χ4v) is 2.73. The number of anilines is 1. The molecule has 0 aromatic heterocycles. The maximum absolute atomic E-state index is 12.4. The molecule has 3 aromatic rings. The fourth-order valence-electron chi connectivity index (χ4n) is 2.73. The number of carbonyl (C=O) groups excluding carboxylic acids is 2. The summed E-state index contributed by atoms with van der Waals surface area (Å²) in [4.78, 5) is 24.5. The lowest BCUT2D eigenvalue weighted by molar-refractivity contribution is -0.116. The zero-order valence-electron chi connectivity index (χ0n) is 15.1. The molecule has 0 saturated heterocycles. The highest BCUT2D eigenvalue weighted by Gasteiger charge is 2.09. The topological polar surface area (TPSA) is 55.4 Å². The summed E-state index contributed by atoms with van der Waals surface area (Å²) in [6.07, 6.45) is 1.04. The summed E-state index contributed by atoms with van der Waals surface area (Å²) >= 11 is 0. The van der Waals surface area contributed by atoms with Crippen LogP contribution in [0.4, 0.5) is 5.69 Å². The van der Waals surface area contributed by atoms with E-state index in [0.29, 0.717) is 29.7 Å². The van der Waals surface area contributed by atoms with Crippen LogP contribution in [0.1, 0.15) is 27.9 Å². The van der Waals surface area contributed by atoms with Gasteiger partial charge in [0.25, 0.3) is 0 Å². The lowest BCUT2D eigenvalue weighted by Gasteiger charge is -2.07. The maximum atomic E-state index is 12.4. The van der Waals surface area contributed by atoms with E-state index in [4.69, 9.17) is 4.74 Å². The first kappa shape index (κ1) is 18.4. The number of nitrogens with one attached hydrogen (secondary N) is 1. The van der Waals surface area contributed by atoms with E-state index in [1.807, 2.05) is 42.5 Å². The third kappa shape index (κ3) is 5.05. The van der Waals surface area contributed by atoms with Crippen LogP contribution < -0.4 is 10.1 Å². The van der Waals surface area contributed by atoms with Gasteiger partial charge in [0.1, 0.15) is 5.75 Å². The molecule has 27 heavy (non-hydrogen) atoms. The number of benzene rings is 3. The first-order chi connectivity index (χ1) is 13.2. The summed E-state index contributed by atoms with van der Waals surface area (Å²) in [5, 5.41) is 2.87. The summed E-state index contributed by atoms with van der Waals surface area (Å²) in [6, 6.07) is 23.8. The van der Waals surface area contributed by atoms with Crippen LogP contribution in [0, 0.1) is 0 Å². The predicted octanol–water partition coefficient (Wildman–Crippen LogP) is 4.50. The van der Waals surface area contributed by atoms with Gasteiger partial charge in [0.15, 0.2) is 5.78 Å². The van der Waals surface area contributed by atoms with Gasteiger partial charge in [-0.2, -0.15) is 0 Å². The van der Waals surface area contributed by atoms with Crippen LogP contribution >= 0.6 is 0 Å². The molecular weight excluding hydrogens is 338 g/mol. The van der Waals surface area contributed by atoms with Gasteiger partial charge < -0.3 is 10.1 Å². The molecule has 0 atom stereocenters. The van der Waals surface area contributed by atoms with Crippen LogP contribution in [0.2, 0.25) is 0 Å². The van der Waals surface area contributed by atoms with E-state index in [-0.39, 0.29) is 11.7 Å². The SMILES string of the molecule is COc1ccc(CCC(=O)Nc2ccc(C(=O)c3ccccc3)cc2)cc1. The number of ether oxygens (including phenoxy) is 1. The highest BCUT2D eigenvalue weighted by atomic mass is 16.5. The van der Waals surface area contributed by atoms with Crippen molar-refractivity contribution in [3.63, 3.8) is 0 Å². The van der Waals surface area contributed by atoms with Crippen molar-refractivity contribution < 1.29 is 14.3 Å². The second kappa shape index (κ2) is 8.81. The van der Waals surface area contributed by atoms with E-state index in [9.17, 15) is 9.59 Å². The molecule has 3 rings (SSSR count). The minimum Gasteiger partial charge on any atom is -0.497 e. The van der Waals surface area contributed by atoms with Crippen LogP contribution in [0.5, 0.6) is 5.75 Å². The number of hydrogen-bond acceptors (Lipinski definition) is 3. The molecule has 3 aromatic carbocycles. The Labute approximate surface area is 158 Å². The second-order valence-corrected chi connectivity index (χ2v) is 6.17. The Morgan fingerprint density at radius 1 is 0.815 bits per heavy atom. The molecule has 0 spiro atoms. The zero-order chi connectivity index (χ0) is 19.1. The third-order valence-corrected chi connectivity index (χ3v) is 4.27. The van der Waals surface area contributed by atoms with Crippen molar-refractivity contribution in [1.82, 2.24) is 0 Å². The highest BCUT2D eigenvalue weighted by molar-refractivity contribution is 6.09. The van der Waals surface area contributed by atoms with Crippen LogP contribution in [-0.4, -0.2) is 18.8 Å². The smallest absolute Gasteiger partial charge is 0.224 e. The van der Waals surface area contributed by atoms with Crippen molar-refractivity contribution >= 4 is 17.4 Å². The van der Waals surface area contributed by atoms with Crippen molar-refractivity contribution in [2.45, 2.75) is 12.8 Å². The van der Waals surface area contributed by atoms with E-state index >= 15 is 0 Å². The van der Waals surface area contributed by atoms with Gasteiger partial charge in [-0.25, -0.2) is 0 Å². The van der Waals surface area contributed by atoms with E-state index in [2.05, 4.69) is 5.32 Å².